The summed E-state index contributed by atoms with van der Waals surface area (Å²) in [5.74, 6) is 2.65. The van der Waals surface area contributed by atoms with E-state index in [0.717, 1.165) is 17.8 Å². The van der Waals surface area contributed by atoms with Gasteiger partial charge in [0.1, 0.15) is 0 Å². The molecule has 0 saturated heterocycles. The molecule has 0 aromatic rings. The average Bonchev–Trinajstić information content (AvgIpc) is 2.78. The van der Waals surface area contributed by atoms with Gasteiger partial charge in [0.15, 0.2) is 0 Å². The summed E-state index contributed by atoms with van der Waals surface area (Å²) < 4.78 is 0. The molecular formula is C15H29N. The summed E-state index contributed by atoms with van der Waals surface area (Å²) in [7, 11) is 0. The lowest BCUT2D eigenvalue weighted by Gasteiger charge is -2.42. The topological polar surface area (TPSA) is 26.0 Å². The standard InChI is InChI=1S/C15H29N/c1-4-7-13-14(16)10-11(3)15(13)9-6-8-12(15)5-2/h11-14H,4-10,16H2,1-3H3. The SMILES string of the molecule is CCCC1C(N)CC(C)C12CCCC2CC. The van der Waals surface area contributed by atoms with Gasteiger partial charge in [-0.2, -0.15) is 0 Å². The maximum atomic E-state index is 6.43. The molecular weight excluding hydrogens is 194 g/mol. The summed E-state index contributed by atoms with van der Waals surface area (Å²) >= 11 is 0. The molecule has 2 aliphatic rings. The van der Waals surface area contributed by atoms with Crippen molar-refractivity contribution in [2.75, 3.05) is 0 Å². The largest absolute Gasteiger partial charge is 0.327 e. The summed E-state index contributed by atoms with van der Waals surface area (Å²) in [6.07, 6.45) is 9.71. The fourth-order valence-corrected chi connectivity index (χ4v) is 5.20. The molecule has 0 heterocycles. The highest BCUT2D eigenvalue weighted by molar-refractivity contribution is 5.07. The quantitative estimate of drug-likeness (QED) is 0.770. The monoisotopic (exact) mass is 223 g/mol. The van der Waals surface area contributed by atoms with E-state index in [1.54, 1.807) is 0 Å². The Morgan fingerprint density at radius 3 is 2.69 bits per heavy atom. The fourth-order valence-electron chi connectivity index (χ4n) is 5.20. The van der Waals surface area contributed by atoms with Crippen LogP contribution in [-0.2, 0) is 0 Å². The van der Waals surface area contributed by atoms with E-state index in [-0.39, 0.29) is 0 Å². The van der Waals surface area contributed by atoms with Gasteiger partial charge in [-0.3, -0.25) is 0 Å². The molecule has 2 N–H and O–H groups in total. The van der Waals surface area contributed by atoms with Gasteiger partial charge in [0.25, 0.3) is 0 Å². The van der Waals surface area contributed by atoms with Crippen LogP contribution >= 0.6 is 0 Å². The second-order valence-electron chi connectivity index (χ2n) is 6.31. The van der Waals surface area contributed by atoms with Crippen LogP contribution in [0.5, 0.6) is 0 Å². The van der Waals surface area contributed by atoms with E-state index in [2.05, 4.69) is 20.8 Å². The van der Waals surface area contributed by atoms with Crippen molar-refractivity contribution in [2.45, 2.75) is 71.8 Å². The smallest absolute Gasteiger partial charge is 0.00754 e. The van der Waals surface area contributed by atoms with Crippen LogP contribution in [0, 0.1) is 23.2 Å². The zero-order valence-corrected chi connectivity index (χ0v) is 11.3. The first kappa shape index (κ1) is 12.4. The summed E-state index contributed by atoms with van der Waals surface area (Å²) in [4.78, 5) is 0. The molecule has 0 aromatic heterocycles. The van der Waals surface area contributed by atoms with Gasteiger partial charge >= 0.3 is 0 Å². The molecule has 0 bridgehead atoms. The fraction of sp³-hybridized carbons (Fsp3) is 1.00. The van der Waals surface area contributed by atoms with Crippen LogP contribution in [0.1, 0.15) is 65.7 Å². The third-order valence-corrected chi connectivity index (χ3v) is 5.77. The van der Waals surface area contributed by atoms with Crippen molar-refractivity contribution < 1.29 is 0 Å². The van der Waals surface area contributed by atoms with Crippen LogP contribution in [-0.4, -0.2) is 6.04 Å². The van der Waals surface area contributed by atoms with Crippen LogP contribution in [0.3, 0.4) is 0 Å². The normalized spacial score (nSPS) is 48.0. The van der Waals surface area contributed by atoms with Crippen molar-refractivity contribution in [1.29, 1.82) is 0 Å². The molecule has 2 rings (SSSR count). The van der Waals surface area contributed by atoms with Gasteiger partial charge in [0.2, 0.25) is 0 Å². The van der Waals surface area contributed by atoms with Crippen molar-refractivity contribution in [1.82, 2.24) is 0 Å². The summed E-state index contributed by atoms with van der Waals surface area (Å²) in [5, 5.41) is 0. The number of rotatable bonds is 3. The van der Waals surface area contributed by atoms with E-state index < -0.39 is 0 Å². The Morgan fingerprint density at radius 2 is 2.06 bits per heavy atom. The highest BCUT2D eigenvalue weighted by atomic mass is 14.7. The Labute approximate surface area is 101 Å². The second kappa shape index (κ2) is 4.68. The van der Waals surface area contributed by atoms with Gasteiger partial charge < -0.3 is 5.73 Å². The number of hydrogen-bond acceptors (Lipinski definition) is 1. The molecule has 1 spiro atoms. The minimum atomic E-state index is 0.488. The van der Waals surface area contributed by atoms with Crippen molar-refractivity contribution in [3.8, 4) is 0 Å². The van der Waals surface area contributed by atoms with Crippen LogP contribution < -0.4 is 5.73 Å². The lowest BCUT2D eigenvalue weighted by atomic mass is 9.63. The molecule has 94 valence electrons. The van der Waals surface area contributed by atoms with E-state index in [1.165, 1.54) is 44.9 Å². The van der Waals surface area contributed by atoms with Crippen LogP contribution in [0.2, 0.25) is 0 Å². The van der Waals surface area contributed by atoms with Crippen molar-refractivity contribution in [3.63, 3.8) is 0 Å². The molecule has 5 unspecified atom stereocenters. The molecule has 0 aromatic carbocycles. The first-order valence-corrected chi connectivity index (χ1v) is 7.42. The van der Waals surface area contributed by atoms with Gasteiger partial charge in [-0.1, -0.05) is 40.0 Å². The zero-order valence-electron chi connectivity index (χ0n) is 11.3. The lowest BCUT2D eigenvalue weighted by molar-refractivity contribution is 0.0708. The third-order valence-electron chi connectivity index (χ3n) is 5.77. The Bertz CT molecular complexity index is 238. The number of hydrogen-bond donors (Lipinski definition) is 1. The van der Waals surface area contributed by atoms with Gasteiger partial charge in [0.05, 0.1) is 0 Å². The van der Waals surface area contributed by atoms with Gasteiger partial charge in [-0.15, -0.1) is 0 Å². The van der Waals surface area contributed by atoms with Crippen LogP contribution in [0.15, 0.2) is 0 Å². The Morgan fingerprint density at radius 1 is 1.31 bits per heavy atom. The van der Waals surface area contributed by atoms with E-state index in [0.29, 0.717) is 11.5 Å². The Balaban J connectivity index is 2.27. The molecule has 1 nitrogen and oxygen atoms in total. The Kier molecular flexibility index (Phi) is 3.63. The van der Waals surface area contributed by atoms with Gasteiger partial charge in [-0.05, 0) is 48.9 Å². The van der Waals surface area contributed by atoms with E-state index in [9.17, 15) is 0 Å². The third kappa shape index (κ3) is 1.63. The van der Waals surface area contributed by atoms with E-state index in [4.69, 9.17) is 5.73 Å². The van der Waals surface area contributed by atoms with Gasteiger partial charge in [-0.25, -0.2) is 0 Å². The van der Waals surface area contributed by atoms with Crippen LogP contribution in [0.25, 0.3) is 0 Å². The maximum Gasteiger partial charge on any atom is 0.00754 e. The lowest BCUT2D eigenvalue weighted by Crippen LogP contribution is -2.39. The predicted molar refractivity (Wildman–Crippen MR) is 70.2 cm³/mol. The van der Waals surface area contributed by atoms with E-state index in [1.807, 2.05) is 0 Å². The molecule has 5 atom stereocenters. The summed E-state index contributed by atoms with van der Waals surface area (Å²) in [5.41, 5.74) is 7.06. The van der Waals surface area contributed by atoms with Gasteiger partial charge in [0, 0.05) is 6.04 Å². The first-order chi connectivity index (χ1) is 7.66. The molecule has 1 heteroatoms. The average molecular weight is 223 g/mol. The minimum absolute atomic E-state index is 0.488. The molecule has 0 amide bonds. The van der Waals surface area contributed by atoms with Crippen LogP contribution in [0.4, 0.5) is 0 Å². The molecule has 16 heavy (non-hydrogen) atoms. The minimum Gasteiger partial charge on any atom is -0.327 e. The predicted octanol–water partition coefficient (Wildman–Crippen LogP) is 3.97. The zero-order chi connectivity index (χ0) is 11.8. The maximum absolute atomic E-state index is 6.43. The highest BCUT2D eigenvalue weighted by Crippen LogP contribution is 2.61. The van der Waals surface area contributed by atoms with Crippen molar-refractivity contribution in [3.05, 3.63) is 0 Å². The number of nitrogens with two attached hydrogens (primary N) is 1. The molecule has 2 saturated carbocycles. The molecule has 0 radical (unpaired) electrons. The first-order valence-electron chi connectivity index (χ1n) is 7.42. The summed E-state index contributed by atoms with van der Waals surface area (Å²) in [6.45, 7) is 7.18. The molecule has 2 fully saturated rings. The molecule has 0 aliphatic heterocycles. The van der Waals surface area contributed by atoms with Crippen molar-refractivity contribution in [2.24, 2.45) is 28.9 Å². The summed E-state index contributed by atoms with van der Waals surface area (Å²) in [6, 6.07) is 0.488. The highest BCUT2D eigenvalue weighted by Gasteiger charge is 2.56. The Hall–Kier alpha value is -0.0400. The van der Waals surface area contributed by atoms with E-state index >= 15 is 0 Å². The molecule has 2 aliphatic carbocycles. The second-order valence-corrected chi connectivity index (χ2v) is 6.31. The van der Waals surface area contributed by atoms with Crippen molar-refractivity contribution >= 4 is 0 Å².